The van der Waals surface area contributed by atoms with Gasteiger partial charge in [-0.3, -0.25) is 4.79 Å². The molecule has 2 N–H and O–H groups in total. The van der Waals surface area contributed by atoms with Crippen LogP contribution in [0.15, 0.2) is 0 Å². The van der Waals surface area contributed by atoms with Crippen LogP contribution >= 0.6 is 0 Å². The van der Waals surface area contributed by atoms with E-state index < -0.39 is 11.7 Å². The third kappa shape index (κ3) is 5.68. The molecule has 1 fully saturated rings. The molecule has 0 bridgehead atoms. The standard InChI is InChI=1S/C12H22N2O3/c1-12(2,3)17-11(16)14-8-10(15)9-4-6-13-7-5-9/h9,13H,4-8H2,1-3H3,(H,14,16). The smallest absolute Gasteiger partial charge is 0.408 e. The number of Topliss-reactive ketones (excluding diaryl/α,β-unsaturated/α-hetero) is 1. The Morgan fingerprint density at radius 2 is 1.88 bits per heavy atom. The summed E-state index contributed by atoms with van der Waals surface area (Å²) >= 11 is 0. The van der Waals surface area contributed by atoms with E-state index >= 15 is 0 Å². The molecule has 0 aromatic rings. The lowest BCUT2D eigenvalue weighted by atomic mass is 9.93. The number of carbonyl (C=O) groups is 2. The van der Waals surface area contributed by atoms with Crippen molar-refractivity contribution in [3.05, 3.63) is 0 Å². The summed E-state index contributed by atoms with van der Waals surface area (Å²) in [6, 6.07) is 0. The number of hydrogen-bond donors (Lipinski definition) is 2. The Morgan fingerprint density at radius 1 is 1.29 bits per heavy atom. The summed E-state index contributed by atoms with van der Waals surface area (Å²) in [4.78, 5) is 23.1. The van der Waals surface area contributed by atoms with Gasteiger partial charge in [0.25, 0.3) is 0 Å². The SMILES string of the molecule is CC(C)(C)OC(=O)NCC(=O)C1CCNCC1. The van der Waals surface area contributed by atoms with E-state index in [4.69, 9.17) is 4.74 Å². The number of rotatable bonds is 3. The molecule has 5 nitrogen and oxygen atoms in total. The molecule has 0 unspecified atom stereocenters. The fourth-order valence-electron chi connectivity index (χ4n) is 1.76. The lowest BCUT2D eigenvalue weighted by Gasteiger charge is -2.22. The average molecular weight is 242 g/mol. The van der Waals surface area contributed by atoms with E-state index in [0.717, 1.165) is 25.9 Å². The first-order valence-electron chi connectivity index (χ1n) is 6.09. The Kier molecular flexibility index (Phi) is 4.93. The number of hydrogen-bond acceptors (Lipinski definition) is 4. The van der Waals surface area contributed by atoms with Crippen LogP contribution in [0.5, 0.6) is 0 Å². The van der Waals surface area contributed by atoms with Crippen molar-refractivity contribution in [3.8, 4) is 0 Å². The van der Waals surface area contributed by atoms with Crippen molar-refractivity contribution in [2.45, 2.75) is 39.2 Å². The number of piperidine rings is 1. The van der Waals surface area contributed by atoms with Crippen molar-refractivity contribution >= 4 is 11.9 Å². The van der Waals surface area contributed by atoms with Crippen LogP contribution in [0.25, 0.3) is 0 Å². The van der Waals surface area contributed by atoms with E-state index in [9.17, 15) is 9.59 Å². The number of alkyl carbamates (subject to hydrolysis) is 1. The largest absolute Gasteiger partial charge is 0.444 e. The van der Waals surface area contributed by atoms with Gasteiger partial charge in [-0.15, -0.1) is 0 Å². The quantitative estimate of drug-likeness (QED) is 0.777. The maximum Gasteiger partial charge on any atom is 0.408 e. The molecule has 0 saturated carbocycles. The van der Waals surface area contributed by atoms with Gasteiger partial charge in [-0.1, -0.05) is 0 Å². The minimum atomic E-state index is -0.528. The van der Waals surface area contributed by atoms with Gasteiger partial charge in [0.2, 0.25) is 0 Å². The van der Waals surface area contributed by atoms with Crippen LogP contribution in [0.4, 0.5) is 4.79 Å². The number of amides is 1. The first kappa shape index (κ1) is 14.0. The van der Waals surface area contributed by atoms with Crippen LogP contribution < -0.4 is 10.6 Å². The van der Waals surface area contributed by atoms with E-state index in [-0.39, 0.29) is 18.2 Å². The van der Waals surface area contributed by atoms with Gasteiger partial charge >= 0.3 is 6.09 Å². The molecule has 0 radical (unpaired) electrons. The molecule has 0 atom stereocenters. The molecule has 0 aromatic heterocycles. The highest BCUT2D eigenvalue weighted by molar-refractivity contribution is 5.86. The Hall–Kier alpha value is -1.10. The second-order valence-corrected chi connectivity index (χ2v) is 5.35. The minimum absolute atomic E-state index is 0.0690. The first-order chi connectivity index (χ1) is 7.88. The van der Waals surface area contributed by atoms with Crippen LogP contribution in [0.1, 0.15) is 33.6 Å². The second-order valence-electron chi connectivity index (χ2n) is 5.35. The average Bonchev–Trinajstić information content (AvgIpc) is 2.25. The molecule has 0 aliphatic carbocycles. The molecule has 5 heteroatoms. The van der Waals surface area contributed by atoms with Crippen LogP contribution in [0.3, 0.4) is 0 Å². The fourth-order valence-corrected chi connectivity index (χ4v) is 1.76. The molecule has 1 saturated heterocycles. The summed E-state index contributed by atoms with van der Waals surface area (Å²) < 4.78 is 5.06. The Labute approximate surface area is 102 Å². The summed E-state index contributed by atoms with van der Waals surface area (Å²) in [6.07, 6.45) is 1.18. The lowest BCUT2D eigenvalue weighted by molar-refractivity contribution is -0.122. The Balaban J connectivity index is 2.25. The highest BCUT2D eigenvalue weighted by Gasteiger charge is 2.22. The summed E-state index contributed by atoms with van der Waals surface area (Å²) in [5.74, 6) is 0.170. The number of carbonyl (C=O) groups excluding carboxylic acids is 2. The van der Waals surface area contributed by atoms with E-state index in [1.807, 2.05) is 0 Å². The first-order valence-corrected chi connectivity index (χ1v) is 6.09. The van der Waals surface area contributed by atoms with Gasteiger partial charge in [0.1, 0.15) is 5.60 Å². The molecular weight excluding hydrogens is 220 g/mol. The van der Waals surface area contributed by atoms with E-state index in [0.29, 0.717) is 0 Å². The van der Waals surface area contributed by atoms with Crippen molar-refractivity contribution in [2.75, 3.05) is 19.6 Å². The molecule has 0 aromatic carbocycles. The molecule has 17 heavy (non-hydrogen) atoms. The molecule has 1 aliphatic rings. The van der Waals surface area contributed by atoms with Crippen LogP contribution in [0.2, 0.25) is 0 Å². The summed E-state index contributed by atoms with van der Waals surface area (Å²) in [6.45, 7) is 7.20. The highest BCUT2D eigenvalue weighted by atomic mass is 16.6. The van der Waals surface area contributed by atoms with Crippen LogP contribution in [0, 0.1) is 5.92 Å². The van der Waals surface area contributed by atoms with Crippen molar-refractivity contribution in [1.29, 1.82) is 0 Å². The van der Waals surface area contributed by atoms with Gasteiger partial charge < -0.3 is 15.4 Å². The maximum atomic E-state index is 11.8. The summed E-state index contributed by atoms with van der Waals surface area (Å²) in [7, 11) is 0. The van der Waals surface area contributed by atoms with E-state index in [1.165, 1.54) is 0 Å². The summed E-state index contributed by atoms with van der Waals surface area (Å²) in [5.41, 5.74) is -0.526. The van der Waals surface area contributed by atoms with E-state index in [2.05, 4.69) is 10.6 Å². The maximum absolute atomic E-state index is 11.8. The second kappa shape index (κ2) is 6.00. The predicted octanol–water partition coefficient (Wildman–Crippen LogP) is 1.08. The highest BCUT2D eigenvalue weighted by Crippen LogP contribution is 2.12. The van der Waals surface area contributed by atoms with Crippen molar-refractivity contribution in [2.24, 2.45) is 5.92 Å². The van der Waals surface area contributed by atoms with Gasteiger partial charge in [0.15, 0.2) is 5.78 Å². The predicted molar refractivity (Wildman–Crippen MR) is 64.8 cm³/mol. The minimum Gasteiger partial charge on any atom is -0.444 e. The third-order valence-electron chi connectivity index (χ3n) is 2.60. The van der Waals surface area contributed by atoms with Crippen molar-refractivity contribution in [3.63, 3.8) is 0 Å². The molecular formula is C12H22N2O3. The lowest BCUT2D eigenvalue weighted by Crippen LogP contribution is -2.39. The number of nitrogens with one attached hydrogen (secondary N) is 2. The number of ketones is 1. The van der Waals surface area contributed by atoms with Crippen molar-refractivity contribution in [1.82, 2.24) is 10.6 Å². The van der Waals surface area contributed by atoms with Gasteiger partial charge in [-0.05, 0) is 46.7 Å². The van der Waals surface area contributed by atoms with Crippen molar-refractivity contribution < 1.29 is 14.3 Å². The van der Waals surface area contributed by atoms with Gasteiger partial charge in [0, 0.05) is 5.92 Å². The summed E-state index contributed by atoms with van der Waals surface area (Å²) in [5, 5.41) is 5.71. The van der Waals surface area contributed by atoms with Gasteiger partial charge in [-0.2, -0.15) is 0 Å². The van der Waals surface area contributed by atoms with E-state index in [1.54, 1.807) is 20.8 Å². The molecule has 1 rings (SSSR count). The molecule has 1 heterocycles. The Bertz CT molecular complexity index is 278. The third-order valence-corrected chi connectivity index (χ3v) is 2.60. The monoisotopic (exact) mass is 242 g/mol. The van der Waals surface area contributed by atoms with Gasteiger partial charge in [-0.25, -0.2) is 4.79 Å². The fraction of sp³-hybridized carbons (Fsp3) is 0.833. The van der Waals surface area contributed by atoms with Crippen LogP contribution in [-0.4, -0.2) is 37.1 Å². The molecule has 1 amide bonds. The van der Waals surface area contributed by atoms with Crippen LogP contribution in [-0.2, 0) is 9.53 Å². The zero-order valence-electron chi connectivity index (χ0n) is 10.8. The Morgan fingerprint density at radius 3 is 2.41 bits per heavy atom. The molecule has 98 valence electrons. The zero-order valence-corrected chi connectivity index (χ0v) is 10.8. The normalized spacial score (nSPS) is 17.6. The number of ether oxygens (including phenoxy) is 1. The molecule has 0 spiro atoms. The topological polar surface area (TPSA) is 67.4 Å². The van der Waals surface area contributed by atoms with Gasteiger partial charge in [0.05, 0.1) is 6.54 Å². The molecule has 1 aliphatic heterocycles. The zero-order chi connectivity index (χ0) is 12.9.